The van der Waals surface area contributed by atoms with Crippen LogP contribution in [0.15, 0.2) is 30.3 Å². The summed E-state index contributed by atoms with van der Waals surface area (Å²) in [5.74, 6) is -0.854. The van der Waals surface area contributed by atoms with Crippen LogP contribution in [0.5, 0.6) is 0 Å². The van der Waals surface area contributed by atoms with Gasteiger partial charge in [0.25, 0.3) is 0 Å². The molecule has 0 bridgehead atoms. The third-order valence-electron chi connectivity index (χ3n) is 1.87. The molecule has 5 nitrogen and oxygen atoms in total. The summed E-state index contributed by atoms with van der Waals surface area (Å²) in [6, 6.07) is 9.43. The van der Waals surface area contributed by atoms with Crippen molar-refractivity contribution < 1.29 is 14.4 Å². The first-order chi connectivity index (χ1) is 7.68. The Morgan fingerprint density at radius 1 is 1.19 bits per heavy atom. The summed E-state index contributed by atoms with van der Waals surface area (Å²) in [7, 11) is 0. The van der Waals surface area contributed by atoms with Crippen LogP contribution in [0.4, 0.5) is 0 Å². The lowest BCUT2D eigenvalue weighted by atomic mass is 10.2. The van der Waals surface area contributed by atoms with Gasteiger partial charge in [0.1, 0.15) is 0 Å². The molecule has 0 aliphatic rings. The van der Waals surface area contributed by atoms with Gasteiger partial charge in [0.05, 0.1) is 6.61 Å². The molecule has 1 rings (SSSR count). The van der Waals surface area contributed by atoms with Crippen molar-refractivity contribution in [1.82, 2.24) is 5.48 Å². The lowest BCUT2D eigenvalue weighted by molar-refractivity contribution is -0.136. The van der Waals surface area contributed by atoms with Crippen LogP contribution in [0.2, 0.25) is 0 Å². The summed E-state index contributed by atoms with van der Waals surface area (Å²) in [5, 5.41) is 0. The van der Waals surface area contributed by atoms with Crippen molar-refractivity contribution in [2.75, 3.05) is 0 Å². The Morgan fingerprint density at radius 2 is 1.88 bits per heavy atom. The van der Waals surface area contributed by atoms with Crippen LogP contribution in [-0.4, -0.2) is 11.8 Å². The summed E-state index contributed by atoms with van der Waals surface area (Å²) < 4.78 is 0. The topological polar surface area (TPSA) is 81.4 Å². The maximum atomic E-state index is 11.1. The fourth-order valence-electron chi connectivity index (χ4n) is 1.06. The van der Waals surface area contributed by atoms with Crippen molar-refractivity contribution in [3.05, 3.63) is 35.9 Å². The minimum Gasteiger partial charge on any atom is -0.370 e. The number of rotatable bonds is 6. The van der Waals surface area contributed by atoms with E-state index >= 15 is 0 Å². The van der Waals surface area contributed by atoms with Crippen LogP contribution >= 0.6 is 0 Å². The molecule has 5 heteroatoms. The molecule has 0 unspecified atom stereocenters. The smallest absolute Gasteiger partial charge is 0.244 e. The Bertz CT molecular complexity index is 352. The van der Waals surface area contributed by atoms with Crippen molar-refractivity contribution in [3.63, 3.8) is 0 Å². The Kier molecular flexibility index (Phi) is 5.01. The number of nitrogens with one attached hydrogen (secondary N) is 1. The van der Waals surface area contributed by atoms with Gasteiger partial charge in [0, 0.05) is 12.8 Å². The molecule has 0 radical (unpaired) electrons. The lowest BCUT2D eigenvalue weighted by Crippen LogP contribution is -2.25. The molecule has 1 aromatic rings. The molecule has 0 aromatic heterocycles. The monoisotopic (exact) mass is 222 g/mol. The number of benzene rings is 1. The van der Waals surface area contributed by atoms with Crippen LogP contribution in [0.3, 0.4) is 0 Å². The molecule has 1 aromatic carbocycles. The van der Waals surface area contributed by atoms with Gasteiger partial charge in [0.2, 0.25) is 11.8 Å². The number of hydrogen-bond acceptors (Lipinski definition) is 3. The number of carbonyl (C=O) groups is 2. The van der Waals surface area contributed by atoms with Gasteiger partial charge in [-0.15, -0.1) is 0 Å². The molecule has 0 atom stereocenters. The zero-order chi connectivity index (χ0) is 11.8. The number of carbonyl (C=O) groups excluding carboxylic acids is 2. The van der Waals surface area contributed by atoms with E-state index in [-0.39, 0.29) is 18.7 Å². The van der Waals surface area contributed by atoms with Crippen molar-refractivity contribution in [2.24, 2.45) is 5.73 Å². The van der Waals surface area contributed by atoms with Gasteiger partial charge < -0.3 is 5.73 Å². The minimum absolute atomic E-state index is 0.0283. The van der Waals surface area contributed by atoms with Crippen LogP contribution in [0.25, 0.3) is 0 Å². The quantitative estimate of drug-likeness (QED) is 0.688. The predicted molar refractivity (Wildman–Crippen MR) is 57.8 cm³/mol. The maximum Gasteiger partial charge on any atom is 0.244 e. The summed E-state index contributed by atoms with van der Waals surface area (Å²) in [6.45, 7) is 0.295. The number of hydroxylamine groups is 1. The third-order valence-corrected chi connectivity index (χ3v) is 1.87. The summed E-state index contributed by atoms with van der Waals surface area (Å²) in [5.41, 5.74) is 8.10. The van der Waals surface area contributed by atoms with Crippen molar-refractivity contribution >= 4 is 11.8 Å². The van der Waals surface area contributed by atoms with E-state index in [0.29, 0.717) is 6.61 Å². The number of amides is 2. The zero-order valence-corrected chi connectivity index (χ0v) is 8.81. The zero-order valence-electron chi connectivity index (χ0n) is 8.81. The molecule has 86 valence electrons. The van der Waals surface area contributed by atoms with Crippen molar-refractivity contribution in [1.29, 1.82) is 0 Å². The van der Waals surface area contributed by atoms with E-state index in [0.717, 1.165) is 5.56 Å². The molecule has 0 heterocycles. The Labute approximate surface area is 93.5 Å². The predicted octanol–water partition coefficient (Wildman–Crippen LogP) is 0.500. The standard InChI is InChI=1S/C11H14N2O3/c12-10(14)6-7-11(15)13-16-8-9-4-2-1-3-5-9/h1-5H,6-8H2,(H2,12,14)(H,13,15). The summed E-state index contributed by atoms with van der Waals surface area (Å²) in [6.07, 6.45) is 0.0741. The first kappa shape index (κ1) is 12.2. The largest absolute Gasteiger partial charge is 0.370 e. The fraction of sp³-hybridized carbons (Fsp3) is 0.273. The van der Waals surface area contributed by atoms with Gasteiger partial charge in [-0.25, -0.2) is 5.48 Å². The van der Waals surface area contributed by atoms with E-state index in [1.54, 1.807) is 0 Å². The molecule has 0 aliphatic carbocycles. The summed E-state index contributed by atoms with van der Waals surface area (Å²) in [4.78, 5) is 26.5. The molecule has 0 aliphatic heterocycles. The highest BCUT2D eigenvalue weighted by Gasteiger charge is 2.03. The maximum absolute atomic E-state index is 11.1. The molecule has 0 fully saturated rings. The van der Waals surface area contributed by atoms with E-state index in [1.807, 2.05) is 30.3 Å². The van der Waals surface area contributed by atoms with Gasteiger partial charge in [-0.1, -0.05) is 30.3 Å². The molecule has 0 saturated heterocycles. The first-order valence-electron chi connectivity index (χ1n) is 4.91. The SMILES string of the molecule is NC(=O)CCC(=O)NOCc1ccccc1. The second-order valence-corrected chi connectivity index (χ2v) is 3.27. The highest BCUT2D eigenvalue weighted by atomic mass is 16.6. The van der Waals surface area contributed by atoms with Crippen LogP contribution in [0, 0.1) is 0 Å². The Hall–Kier alpha value is -1.88. The van der Waals surface area contributed by atoms with Gasteiger partial charge in [-0.2, -0.15) is 0 Å². The van der Waals surface area contributed by atoms with E-state index in [9.17, 15) is 9.59 Å². The van der Waals surface area contributed by atoms with Gasteiger partial charge in [-0.3, -0.25) is 14.4 Å². The van der Waals surface area contributed by atoms with Crippen LogP contribution in [-0.2, 0) is 21.0 Å². The molecular formula is C11H14N2O3. The summed E-state index contributed by atoms with van der Waals surface area (Å²) >= 11 is 0. The first-order valence-corrected chi connectivity index (χ1v) is 4.91. The molecular weight excluding hydrogens is 208 g/mol. The molecule has 16 heavy (non-hydrogen) atoms. The van der Waals surface area contributed by atoms with E-state index < -0.39 is 5.91 Å². The highest BCUT2D eigenvalue weighted by molar-refractivity contribution is 5.82. The molecule has 3 N–H and O–H groups in total. The Balaban J connectivity index is 2.16. The van der Waals surface area contributed by atoms with Crippen LogP contribution < -0.4 is 11.2 Å². The highest BCUT2D eigenvalue weighted by Crippen LogP contribution is 1.99. The number of hydrogen-bond donors (Lipinski definition) is 2. The van der Waals surface area contributed by atoms with Gasteiger partial charge in [-0.05, 0) is 5.56 Å². The van der Waals surface area contributed by atoms with Crippen molar-refractivity contribution in [2.45, 2.75) is 19.4 Å². The fourth-order valence-corrected chi connectivity index (χ4v) is 1.06. The van der Waals surface area contributed by atoms with Gasteiger partial charge >= 0.3 is 0 Å². The normalized spacial score (nSPS) is 9.75. The third kappa shape index (κ3) is 5.11. The van der Waals surface area contributed by atoms with Crippen molar-refractivity contribution in [3.8, 4) is 0 Å². The average molecular weight is 222 g/mol. The molecule has 2 amide bonds. The lowest BCUT2D eigenvalue weighted by Gasteiger charge is -2.04. The molecule has 0 saturated carbocycles. The van der Waals surface area contributed by atoms with Gasteiger partial charge in [0.15, 0.2) is 0 Å². The number of primary amides is 1. The Morgan fingerprint density at radius 3 is 2.50 bits per heavy atom. The minimum atomic E-state index is -0.502. The van der Waals surface area contributed by atoms with E-state index in [1.165, 1.54) is 0 Å². The number of nitrogens with two attached hydrogens (primary N) is 1. The average Bonchev–Trinajstić information content (AvgIpc) is 2.28. The van der Waals surface area contributed by atoms with Crippen LogP contribution in [0.1, 0.15) is 18.4 Å². The molecule has 0 spiro atoms. The van der Waals surface area contributed by atoms with E-state index in [4.69, 9.17) is 10.6 Å². The second kappa shape index (κ2) is 6.58. The second-order valence-electron chi connectivity index (χ2n) is 3.27. The van der Waals surface area contributed by atoms with E-state index in [2.05, 4.69) is 5.48 Å².